The molecule has 0 radical (unpaired) electrons. The molecule has 2 rings (SSSR count). The van der Waals surface area contributed by atoms with Gasteiger partial charge in [-0.1, -0.05) is 6.07 Å². The Bertz CT molecular complexity index is 630. The van der Waals surface area contributed by atoms with Crippen molar-refractivity contribution in [3.8, 4) is 0 Å². The fraction of sp³-hybridized carbons (Fsp3) is 0.154. The van der Waals surface area contributed by atoms with E-state index >= 15 is 0 Å². The summed E-state index contributed by atoms with van der Waals surface area (Å²) in [5.41, 5.74) is -0.991. The first-order valence-corrected chi connectivity index (χ1v) is 6.23. The minimum absolute atomic E-state index is 0.0235. The third-order valence-corrected chi connectivity index (χ3v) is 3.09. The maximum absolute atomic E-state index is 13.4. The molecule has 7 heteroatoms. The van der Waals surface area contributed by atoms with Crippen LogP contribution in [0.3, 0.4) is 0 Å². The highest BCUT2D eigenvalue weighted by atomic mass is 79.9. The fourth-order valence-corrected chi connectivity index (χ4v) is 2.08. The summed E-state index contributed by atoms with van der Waals surface area (Å²) in [6.45, 7) is 0. The van der Waals surface area contributed by atoms with E-state index in [0.29, 0.717) is 22.2 Å². The molecular weight excluding hydrogens is 342 g/mol. The number of aliphatic hydroxyl groups excluding tert-OH is 1. The van der Waals surface area contributed by atoms with Crippen LogP contribution in [0.5, 0.6) is 0 Å². The Hall–Kier alpha value is -1.47. The molecule has 1 unspecified atom stereocenters. The van der Waals surface area contributed by atoms with Gasteiger partial charge in [-0.25, -0.2) is 4.39 Å². The van der Waals surface area contributed by atoms with Crippen molar-refractivity contribution >= 4 is 15.9 Å². The summed E-state index contributed by atoms with van der Waals surface area (Å²) < 4.78 is 51.4. The van der Waals surface area contributed by atoms with Gasteiger partial charge < -0.3 is 5.11 Å². The third-order valence-electron chi connectivity index (χ3n) is 2.66. The molecule has 0 spiro atoms. The number of alkyl halides is 3. The number of aromatic nitrogens is 1. The van der Waals surface area contributed by atoms with Gasteiger partial charge in [-0.05, 0) is 39.7 Å². The predicted molar refractivity (Wildman–Crippen MR) is 67.4 cm³/mol. The molecule has 106 valence electrons. The highest BCUT2D eigenvalue weighted by Gasteiger charge is 2.34. The topological polar surface area (TPSA) is 33.1 Å². The lowest BCUT2D eigenvalue weighted by atomic mass is 10.0. The molecule has 0 bridgehead atoms. The summed E-state index contributed by atoms with van der Waals surface area (Å²) >= 11 is 3.16. The van der Waals surface area contributed by atoms with Gasteiger partial charge in [0, 0.05) is 22.4 Å². The van der Waals surface area contributed by atoms with Crippen LogP contribution in [0.25, 0.3) is 0 Å². The van der Waals surface area contributed by atoms with Gasteiger partial charge in [0.1, 0.15) is 11.9 Å². The molecule has 0 amide bonds. The van der Waals surface area contributed by atoms with E-state index in [1.807, 2.05) is 0 Å². The van der Waals surface area contributed by atoms with E-state index in [9.17, 15) is 22.7 Å². The van der Waals surface area contributed by atoms with Crippen molar-refractivity contribution in [2.24, 2.45) is 0 Å². The Kier molecular flexibility index (Phi) is 4.10. The minimum Gasteiger partial charge on any atom is -0.384 e. The average molecular weight is 350 g/mol. The summed E-state index contributed by atoms with van der Waals surface area (Å²) in [6, 6.07) is 3.87. The summed E-state index contributed by atoms with van der Waals surface area (Å²) in [5, 5.41) is 10.0. The first-order valence-electron chi connectivity index (χ1n) is 5.44. The van der Waals surface area contributed by atoms with E-state index in [2.05, 4.69) is 20.9 Å². The van der Waals surface area contributed by atoms with Gasteiger partial charge >= 0.3 is 6.18 Å². The lowest BCUT2D eigenvalue weighted by Gasteiger charge is -2.14. The first-order chi connectivity index (χ1) is 9.29. The third kappa shape index (κ3) is 3.16. The summed E-state index contributed by atoms with van der Waals surface area (Å²) in [4.78, 5) is 3.83. The number of rotatable bonds is 2. The van der Waals surface area contributed by atoms with Crippen LogP contribution in [0.15, 0.2) is 41.1 Å². The van der Waals surface area contributed by atoms with Crippen molar-refractivity contribution in [1.82, 2.24) is 4.98 Å². The monoisotopic (exact) mass is 349 g/mol. The molecule has 1 atom stereocenters. The molecule has 0 saturated heterocycles. The van der Waals surface area contributed by atoms with Gasteiger partial charge in [0.25, 0.3) is 0 Å². The fourth-order valence-electron chi connectivity index (χ4n) is 1.70. The second-order valence-electron chi connectivity index (χ2n) is 4.08. The average Bonchev–Trinajstić information content (AvgIpc) is 2.36. The number of hydrogen-bond donors (Lipinski definition) is 1. The van der Waals surface area contributed by atoms with Crippen molar-refractivity contribution in [2.45, 2.75) is 12.3 Å². The Morgan fingerprint density at radius 2 is 1.80 bits per heavy atom. The van der Waals surface area contributed by atoms with E-state index in [1.165, 1.54) is 12.4 Å². The van der Waals surface area contributed by atoms with Crippen LogP contribution in [0, 0.1) is 5.82 Å². The Morgan fingerprint density at radius 3 is 2.35 bits per heavy atom. The van der Waals surface area contributed by atoms with E-state index < -0.39 is 23.7 Å². The van der Waals surface area contributed by atoms with Crippen LogP contribution in [0.2, 0.25) is 0 Å². The van der Waals surface area contributed by atoms with Crippen molar-refractivity contribution in [2.75, 3.05) is 0 Å². The largest absolute Gasteiger partial charge is 0.419 e. The lowest BCUT2D eigenvalue weighted by molar-refractivity contribution is -0.140. The normalized spacial score (nSPS) is 13.3. The van der Waals surface area contributed by atoms with Gasteiger partial charge in [0.05, 0.1) is 5.56 Å². The van der Waals surface area contributed by atoms with Crippen molar-refractivity contribution in [3.05, 3.63) is 63.6 Å². The van der Waals surface area contributed by atoms with Crippen molar-refractivity contribution in [1.29, 1.82) is 0 Å². The van der Waals surface area contributed by atoms with Gasteiger partial charge in [-0.3, -0.25) is 4.98 Å². The zero-order valence-electron chi connectivity index (χ0n) is 9.83. The molecule has 1 N–H and O–H groups in total. The number of aliphatic hydroxyl groups is 1. The van der Waals surface area contributed by atoms with Crippen LogP contribution in [-0.2, 0) is 6.18 Å². The Labute approximate surface area is 120 Å². The van der Waals surface area contributed by atoms with Gasteiger partial charge in [-0.15, -0.1) is 0 Å². The molecule has 2 nitrogen and oxygen atoms in total. The van der Waals surface area contributed by atoms with Crippen LogP contribution < -0.4 is 0 Å². The first kappa shape index (κ1) is 14.9. The van der Waals surface area contributed by atoms with E-state index in [4.69, 9.17) is 0 Å². The highest BCUT2D eigenvalue weighted by molar-refractivity contribution is 9.10. The lowest BCUT2D eigenvalue weighted by Crippen LogP contribution is -2.09. The number of halogens is 5. The minimum atomic E-state index is -4.76. The Morgan fingerprint density at radius 1 is 1.10 bits per heavy atom. The smallest absolute Gasteiger partial charge is 0.384 e. The summed E-state index contributed by atoms with van der Waals surface area (Å²) in [7, 11) is 0. The molecule has 1 aromatic heterocycles. The molecule has 2 aromatic rings. The number of pyridine rings is 1. The van der Waals surface area contributed by atoms with Crippen LogP contribution >= 0.6 is 15.9 Å². The predicted octanol–water partition coefficient (Wildman–Crippen LogP) is 4.08. The van der Waals surface area contributed by atoms with Crippen LogP contribution in [-0.4, -0.2) is 10.1 Å². The highest BCUT2D eigenvalue weighted by Crippen LogP contribution is 2.33. The van der Waals surface area contributed by atoms with E-state index in [0.717, 1.165) is 6.07 Å². The molecule has 20 heavy (non-hydrogen) atoms. The molecule has 0 aliphatic carbocycles. The standard InChI is InChI=1S/C13H8BrF4NO/c14-9-3-8(5-19-6-9)12(20)7-1-2-10(11(15)4-7)13(16,17)18/h1-6,12,20H. The van der Waals surface area contributed by atoms with Gasteiger partial charge in [0.15, 0.2) is 0 Å². The summed E-state index contributed by atoms with van der Waals surface area (Å²) in [5.74, 6) is -1.42. The van der Waals surface area contributed by atoms with Gasteiger partial charge in [0.2, 0.25) is 0 Å². The SMILES string of the molecule is OC(c1cncc(Br)c1)c1ccc(C(F)(F)F)c(F)c1. The molecule has 0 fully saturated rings. The van der Waals surface area contributed by atoms with Crippen LogP contribution in [0.4, 0.5) is 17.6 Å². The zero-order chi connectivity index (χ0) is 14.9. The van der Waals surface area contributed by atoms with E-state index in [-0.39, 0.29) is 5.56 Å². The van der Waals surface area contributed by atoms with Crippen molar-refractivity contribution in [3.63, 3.8) is 0 Å². The maximum atomic E-state index is 13.4. The quantitative estimate of drug-likeness (QED) is 0.828. The Balaban J connectivity index is 2.37. The second kappa shape index (κ2) is 5.49. The van der Waals surface area contributed by atoms with Gasteiger partial charge in [-0.2, -0.15) is 13.2 Å². The van der Waals surface area contributed by atoms with Crippen molar-refractivity contribution < 1.29 is 22.7 Å². The molecular formula is C13H8BrF4NO. The zero-order valence-corrected chi connectivity index (χ0v) is 11.4. The molecule has 0 aliphatic rings. The molecule has 1 heterocycles. The second-order valence-corrected chi connectivity index (χ2v) is 4.99. The number of benzene rings is 1. The molecule has 0 saturated carbocycles. The van der Waals surface area contributed by atoms with E-state index in [1.54, 1.807) is 6.07 Å². The molecule has 0 aliphatic heterocycles. The maximum Gasteiger partial charge on any atom is 0.419 e. The summed E-state index contributed by atoms with van der Waals surface area (Å²) in [6.07, 6.45) is -3.17. The number of nitrogens with zero attached hydrogens (tertiary/aromatic N) is 1. The van der Waals surface area contributed by atoms with Crippen LogP contribution in [0.1, 0.15) is 22.8 Å². The molecule has 1 aromatic carbocycles. The number of hydrogen-bond acceptors (Lipinski definition) is 2.